The number of aromatic nitrogens is 2. The fourth-order valence-electron chi connectivity index (χ4n) is 1.15. The highest BCUT2D eigenvalue weighted by molar-refractivity contribution is 7.98. The summed E-state index contributed by atoms with van der Waals surface area (Å²) in [5, 5.41) is 7.91. The highest BCUT2D eigenvalue weighted by Gasteiger charge is 2.15. The van der Waals surface area contributed by atoms with Gasteiger partial charge in [-0.25, -0.2) is 0 Å². The maximum atomic E-state index is 5.47. The van der Waals surface area contributed by atoms with E-state index in [2.05, 4.69) is 23.4 Å². The van der Waals surface area contributed by atoms with E-state index in [0.717, 1.165) is 5.75 Å². The zero-order chi connectivity index (χ0) is 11.3. The molecule has 5 nitrogen and oxygen atoms in total. The third-order valence-corrected chi connectivity index (χ3v) is 3.00. The van der Waals surface area contributed by atoms with Gasteiger partial charge in [0.15, 0.2) is 0 Å². The van der Waals surface area contributed by atoms with Gasteiger partial charge in [-0.05, 0) is 13.2 Å². The first-order chi connectivity index (χ1) is 7.19. The summed E-state index contributed by atoms with van der Waals surface area (Å²) in [6, 6.07) is 0.950. The largest absolute Gasteiger partial charge is 0.408 e. The van der Waals surface area contributed by atoms with Gasteiger partial charge in [0.1, 0.15) is 0 Å². The highest BCUT2D eigenvalue weighted by atomic mass is 32.2. The molecule has 1 rings (SSSR count). The van der Waals surface area contributed by atoms with Gasteiger partial charge in [0.2, 0.25) is 5.89 Å². The van der Waals surface area contributed by atoms with E-state index in [0.29, 0.717) is 30.9 Å². The van der Waals surface area contributed by atoms with Gasteiger partial charge in [0.25, 0.3) is 0 Å². The molecular formula is C9H18N4OS. The molecule has 0 aliphatic carbocycles. The normalized spacial score (nSPS) is 12.8. The van der Waals surface area contributed by atoms with Gasteiger partial charge in [0, 0.05) is 31.8 Å². The molecule has 1 atom stereocenters. The maximum Gasteiger partial charge on any atom is 0.318 e. The quantitative estimate of drug-likeness (QED) is 0.778. The van der Waals surface area contributed by atoms with E-state index in [-0.39, 0.29) is 0 Å². The summed E-state index contributed by atoms with van der Waals surface area (Å²) in [5.74, 6) is 1.64. The Kier molecular flexibility index (Phi) is 4.90. The standard InChI is InChI=1S/C9H18N4OS/c1-7(6-15-3)13(2)9-12-11-8(14-9)4-5-10/h7H,4-6,10H2,1-3H3. The van der Waals surface area contributed by atoms with Gasteiger partial charge >= 0.3 is 6.01 Å². The second kappa shape index (κ2) is 5.97. The summed E-state index contributed by atoms with van der Waals surface area (Å²) in [4.78, 5) is 1.99. The van der Waals surface area contributed by atoms with Crippen molar-refractivity contribution >= 4 is 17.8 Å². The maximum absolute atomic E-state index is 5.47. The van der Waals surface area contributed by atoms with Crippen LogP contribution in [0.3, 0.4) is 0 Å². The summed E-state index contributed by atoms with van der Waals surface area (Å²) in [5.41, 5.74) is 5.41. The van der Waals surface area contributed by atoms with Crippen LogP contribution in [0.2, 0.25) is 0 Å². The Morgan fingerprint density at radius 2 is 2.27 bits per heavy atom. The molecular weight excluding hydrogens is 212 g/mol. The number of hydrogen-bond donors (Lipinski definition) is 1. The molecule has 1 heterocycles. The fourth-order valence-corrected chi connectivity index (χ4v) is 1.86. The minimum Gasteiger partial charge on any atom is -0.408 e. The van der Waals surface area contributed by atoms with Crippen LogP contribution in [0, 0.1) is 0 Å². The van der Waals surface area contributed by atoms with Gasteiger partial charge in [0.05, 0.1) is 0 Å². The van der Waals surface area contributed by atoms with E-state index in [1.165, 1.54) is 0 Å². The second-order valence-corrected chi connectivity index (χ2v) is 4.34. The minimum atomic E-state index is 0.381. The molecule has 86 valence electrons. The fraction of sp³-hybridized carbons (Fsp3) is 0.778. The third-order valence-electron chi connectivity index (χ3n) is 2.19. The van der Waals surface area contributed by atoms with E-state index >= 15 is 0 Å². The van der Waals surface area contributed by atoms with Crippen molar-refractivity contribution in [2.24, 2.45) is 5.73 Å². The van der Waals surface area contributed by atoms with Crippen LogP contribution in [0.25, 0.3) is 0 Å². The summed E-state index contributed by atoms with van der Waals surface area (Å²) >= 11 is 1.80. The van der Waals surface area contributed by atoms with Crippen molar-refractivity contribution in [3.8, 4) is 0 Å². The molecule has 2 N–H and O–H groups in total. The molecule has 15 heavy (non-hydrogen) atoms. The average Bonchev–Trinajstić information content (AvgIpc) is 2.66. The van der Waals surface area contributed by atoms with E-state index in [1.807, 2.05) is 11.9 Å². The summed E-state index contributed by atoms with van der Waals surface area (Å²) in [7, 11) is 1.96. The molecule has 0 fully saturated rings. The molecule has 0 amide bonds. The predicted molar refractivity (Wildman–Crippen MR) is 63.3 cm³/mol. The van der Waals surface area contributed by atoms with Crippen LogP contribution in [0.5, 0.6) is 0 Å². The van der Waals surface area contributed by atoms with Crippen LogP contribution < -0.4 is 10.6 Å². The Morgan fingerprint density at radius 3 is 2.87 bits per heavy atom. The molecule has 6 heteroatoms. The third kappa shape index (κ3) is 3.39. The lowest BCUT2D eigenvalue weighted by atomic mass is 10.4. The Labute approximate surface area is 94.4 Å². The molecule has 0 aliphatic heterocycles. The van der Waals surface area contributed by atoms with Gasteiger partial charge in [-0.2, -0.15) is 11.8 Å². The van der Waals surface area contributed by atoms with E-state index in [1.54, 1.807) is 11.8 Å². The number of hydrogen-bond acceptors (Lipinski definition) is 6. The lowest BCUT2D eigenvalue weighted by Gasteiger charge is -2.21. The van der Waals surface area contributed by atoms with Crippen molar-refractivity contribution in [2.75, 3.05) is 30.5 Å². The van der Waals surface area contributed by atoms with E-state index in [4.69, 9.17) is 10.2 Å². The van der Waals surface area contributed by atoms with Crippen molar-refractivity contribution in [3.05, 3.63) is 5.89 Å². The molecule has 0 bridgehead atoms. The van der Waals surface area contributed by atoms with Crippen LogP contribution in [0.15, 0.2) is 4.42 Å². The molecule has 0 aliphatic rings. The molecule has 1 unspecified atom stereocenters. The van der Waals surface area contributed by atoms with Crippen LogP contribution in [0.1, 0.15) is 12.8 Å². The molecule has 0 spiro atoms. The van der Waals surface area contributed by atoms with E-state index < -0.39 is 0 Å². The number of rotatable bonds is 6. The summed E-state index contributed by atoms with van der Waals surface area (Å²) in [6.07, 6.45) is 2.72. The predicted octanol–water partition coefficient (Wildman–Crippen LogP) is 0.758. The molecule has 0 radical (unpaired) electrons. The Bertz CT molecular complexity index is 291. The monoisotopic (exact) mass is 230 g/mol. The second-order valence-electron chi connectivity index (χ2n) is 3.43. The van der Waals surface area contributed by atoms with Gasteiger partial charge in [-0.1, -0.05) is 5.10 Å². The summed E-state index contributed by atoms with van der Waals surface area (Å²) < 4.78 is 5.47. The molecule has 1 aromatic heterocycles. The van der Waals surface area contributed by atoms with Gasteiger partial charge < -0.3 is 15.1 Å². The highest BCUT2D eigenvalue weighted by Crippen LogP contribution is 2.15. The Balaban J connectivity index is 2.60. The smallest absolute Gasteiger partial charge is 0.318 e. The summed E-state index contributed by atoms with van der Waals surface area (Å²) in [6.45, 7) is 2.66. The zero-order valence-corrected chi connectivity index (χ0v) is 10.3. The van der Waals surface area contributed by atoms with Crippen molar-refractivity contribution in [1.29, 1.82) is 0 Å². The first-order valence-electron chi connectivity index (χ1n) is 4.93. The van der Waals surface area contributed by atoms with Crippen molar-refractivity contribution in [3.63, 3.8) is 0 Å². The first-order valence-corrected chi connectivity index (χ1v) is 6.32. The zero-order valence-electron chi connectivity index (χ0n) is 9.43. The van der Waals surface area contributed by atoms with E-state index in [9.17, 15) is 0 Å². The Hall–Kier alpha value is -0.750. The SMILES string of the molecule is CSCC(C)N(C)c1nnc(CCN)o1. The molecule has 0 saturated carbocycles. The average molecular weight is 230 g/mol. The number of nitrogens with two attached hydrogens (primary N) is 1. The van der Waals surface area contributed by atoms with Crippen molar-refractivity contribution < 1.29 is 4.42 Å². The van der Waals surface area contributed by atoms with Gasteiger partial charge in [-0.15, -0.1) is 5.10 Å². The van der Waals surface area contributed by atoms with Crippen LogP contribution in [-0.4, -0.2) is 41.8 Å². The lowest BCUT2D eigenvalue weighted by molar-refractivity contribution is 0.482. The molecule has 0 aromatic carbocycles. The minimum absolute atomic E-state index is 0.381. The Morgan fingerprint density at radius 1 is 1.53 bits per heavy atom. The number of thioether (sulfide) groups is 1. The number of nitrogens with zero attached hydrogens (tertiary/aromatic N) is 3. The lowest BCUT2D eigenvalue weighted by Crippen LogP contribution is -2.31. The van der Waals surface area contributed by atoms with Crippen LogP contribution in [-0.2, 0) is 6.42 Å². The van der Waals surface area contributed by atoms with Crippen molar-refractivity contribution in [2.45, 2.75) is 19.4 Å². The first kappa shape index (κ1) is 12.3. The van der Waals surface area contributed by atoms with Crippen LogP contribution >= 0.6 is 11.8 Å². The molecule has 0 saturated heterocycles. The topological polar surface area (TPSA) is 68.2 Å². The van der Waals surface area contributed by atoms with Crippen LogP contribution in [0.4, 0.5) is 6.01 Å². The van der Waals surface area contributed by atoms with Crippen molar-refractivity contribution in [1.82, 2.24) is 10.2 Å². The number of anilines is 1. The molecule has 1 aromatic rings. The van der Waals surface area contributed by atoms with Gasteiger partial charge in [-0.3, -0.25) is 0 Å².